The van der Waals surface area contributed by atoms with E-state index in [1.165, 1.54) is 16.3 Å². The van der Waals surface area contributed by atoms with Gasteiger partial charge in [-0.05, 0) is 29.3 Å². The Balaban J connectivity index is 1.76. The van der Waals surface area contributed by atoms with Crippen molar-refractivity contribution in [2.75, 3.05) is 26.3 Å². The summed E-state index contributed by atoms with van der Waals surface area (Å²) in [6.45, 7) is 5.69. The fraction of sp³-hybridized carbons (Fsp3) is 0.412. The molecule has 3 rings (SSSR count). The van der Waals surface area contributed by atoms with Crippen molar-refractivity contribution < 1.29 is 4.74 Å². The van der Waals surface area contributed by atoms with E-state index in [1.54, 1.807) is 0 Å². The van der Waals surface area contributed by atoms with Gasteiger partial charge in [0.1, 0.15) is 0 Å². The maximum atomic E-state index is 6.40. The van der Waals surface area contributed by atoms with Gasteiger partial charge in [0, 0.05) is 25.2 Å². The summed E-state index contributed by atoms with van der Waals surface area (Å²) >= 11 is 0. The van der Waals surface area contributed by atoms with Crippen LogP contribution in [0.5, 0.6) is 0 Å². The largest absolute Gasteiger partial charge is 0.379 e. The van der Waals surface area contributed by atoms with Crippen LogP contribution in [-0.4, -0.2) is 37.2 Å². The van der Waals surface area contributed by atoms with Gasteiger partial charge >= 0.3 is 0 Å². The van der Waals surface area contributed by atoms with Gasteiger partial charge in [0.2, 0.25) is 0 Å². The minimum Gasteiger partial charge on any atom is -0.379 e. The summed E-state index contributed by atoms with van der Waals surface area (Å²) in [6, 6.07) is 15.4. The molecule has 1 heterocycles. The number of benzene rings is 2. The molecule has 1 aliphatic rings. The third-order valence-corrected chi connectivity index (χ3v) is 4.14. The monoisotopic (exact) mass is 270 g/mol. The second-order valence-electron chi connectivity index (χ2n) is 5.63. The summed E-state index contributed by atoms with van der Waals surface area (Å²) in [5.41, 5.74) is 7.61. The normalized spacial score (nSPS) is 22.0. The number of nitrogens with two attached hydrogens (primary N) is 1. The van der Waals surface area contributed by atoms with E-state index in [0.717, 1.165) is 26.3 Å². The molecule has 2 aromatic rings. The Morgan fingerprint density at radius 3 is 2.85 bits per heavy atom. The molecule has 0 spiro atoms. The average molecular weight is 270 g/mol. The lowest BCUT2D eigenvalue weighted by molar-refractivity contribution is -0.00280. The van der Waals surface area contributed by atoms with Gasteiger partial charge in [0.25, 0.3) is 0 Å². The van der Waals surface area contributed by atoms with Crippen molar-refractivity contribution in [1.82, 2.24) is 4.90 Å². The Kier molecular flexibility index (Phi) is 4.01. The summed E-state index contributed by atoms with van der Waals surface area (Å²) in [4.78, 5) is 2.42. The standard InChI is InChI=1S/C17H22N2O/c1-13-12-20-9-8-19(13)11-17(18)16-7-6-14-4-2-3-5-15(14)10-16/h2-7,10,13,17H,8-9,11-12,18H2,1H3. The van der Waals surface area contributed by atoms with Crippen LogP contribution in [0, 0.1) is 0 Å². The number of fused-ring (bicyclic) bond motifs is 1. The van der Waals surface area contributed by atoms with Crippen LogP contribution < -0.4 is 5.73 Å². The second kappa shape index (κ2) is 5.92. The van der Waals surface area contributed by atoms with Crippen LogP contribution in [0.1, 0.15) is 18.5 Å². The molecule has 106 valence electrons. The maximum Gasteiger partial charge on any atom is 0.0619 e. The molecular weight excluding hydrogens is 248 g/mol. The molecule has 3 nitrogen and oxygen atoms in total. The van der Waals surface area contributed by atoms with E-state index in [-0.39, 0.29) is 6.04 Å². The lowest BCUT2D eigenvalue weighted by atomic mass is 10.0. The zero-order chi connectivity index (χ0) is 13.9. The van der Waals surface area contributed by atoms with Crippen molar-refractivity contribution in [3.05, 3.63) is 48.0 Å². The first kappa shape index (κ1) is 13.6. The molecule has 2 atom stereocenters. The van der Waals surface area contributed by atoms with Crippen LogP contribution in [0.25, 0.3) is 10.8 Å². The zero-order valence-corrected chi connectivity index (χ0v) is 12.0. The van der Waals surface area contributed by atoms with Gasteiger partial charge in [-0.1, -0.05) is 36.4 Å². The zero-order valence-electron chi connectivity index (χ0n) is 12.0. The van der Waals surface area contributed by atoms with Crippen molar-refractivity contribution in [1.29, 1.82) is 0 Å². The number of nitrogens with zero attached hydrogens (tertiary/aromatic N) is 1. The van der Waals surface area contributed by atoms with Gasteiger partial charge in [-0.15, -0.1) is 0 Å². The van der Waals surface area contributed by atoms with Crippen molar-refractivity contribution >= 4 is 10.8 Å². The first-order valence-corrected chi connectivity index (χ1v) is 7.30. The van der Waals surface area contributed by atoms with Crippen LogP contribution in [0.15, 0.2) is 42.5 Å². The SMILES string of the molecule is CC1COCCN1CC(N)c1ccc2ccccc2c1. The molecule has 2 N–H and O–H groups in total. The fourth-order valence-corrected chi connectivity index (χ4v) is 2.83. The quantitative estimate of drug-likeness (QED) is 0.931. The Morgan fingerprint density at radius 2 is 2.05 bits per heavy atom. The molecule has 1 saturated heterocycles. The number of rotatable bonds is 3. The lowest BCUT2D eigenvalue weighted by Crippen LogP contribution is -2.46. The molecule has 0 saturated carbocycles. The van der Waals surface area contributed by atoms with Gasteiger partial charge in [-0.25, -0.2) is 0 Å². The van der Waals surface area contributed by atoms with Gasteiger partial charge in [-0.3, -0.25) is 4.90 Å². The van der Waals surface area contributed by atoms with Crippen LogP contribution in [0.4, 0.5) is 0 Å². The van der Waals surface area contributed by atoms with Gasteiger partial charge in [0.05, 0.1) is 13.2 Å². The third-order valence-electron chi connectivity index (χ3n) is 4.14. The second-order valence-corrected chi connectivity index (χ2v) is 5.63. The maximum absolute atomic E-state index is 6.40. The minimum absolute atomic E-state index is 0.0557. The molecule has 0 bridgehead atoms. The summed E-state index contributed by atoms with van der Waals surface area (Å²) in [5, 5.41) is 2.53. The highest BCUT2D eigenvalue weighted by Crippen LogP contribution is 2.21. The summed E-state index contributed by atoms with van der Waals surface area (Å²) in [6.07, 6.45) is 0. The first-order chi connectivity index (χ1) is 9.74. The molecule has 0 aromatic heterocycles. The van der Waals surface area contributed by atoms with Gasteiger partial charge in [0.15, 0.2) is 0 Å². The number of ether oxygens (including phenoxy) is 1. The van der Waals surface area contributed by atoms with E-state index in [9.17, 15) is 0 Å². The number of hydrogen-bond acceptors (Lipinski definition) is 3. The van der Waals surface area contributed by atoms with Crippen molar-refractivity contribution in [2.24, 2.45) is 5.73 Å². The van der Waals surface area contributed by atoms with Gasteiger partial charge in [-0.2, -0.15) is 0 Å². The highest BCUT2D eigenvalue weighted by atomic mass is 16.5. The van der Waals surface area contributed by atoms with E-state index >= 15 is 0 Å². The van der Waals surface area contributed by atoms with E-state index in [2.05, 4.69) is 54.3 Å². The Hall–Kier alpha value is -1.42. The van der Waals surface area contributed by atoms with Crippen LogP contribution in [0.3, 0.4) is 0 Å². The molecule has 3 heteroatoms. The Bertz CT molecular complexity index is 584. The van der Waals surface area contributed by atoms with Crippen LogP contribution in [0.2, 0.25) is 0 Å². The molecule has 0 aliphatic carbocycles. The Labute approximate surface area is 120 Å². The van der Waals surface area contributed by atoms with Crippen molar-refractivity contribution in [2.45, 2.75) is 19.0 Å². The average Bonchev–Trinajstić information content (AvgIpc) is 2.49. The molecule has 0 radical (unpaired) electrons. The fourth-order valence-electron chi connectivity index (χ4n) is 2.83. The van der Waals surface area contributed by atoms with Crippen molar-refractivity contribution in [3.63, 3.8) is 0 Å². The van der Waals surface area contributed by atoms with Crippen molar-refractivity contribution in [3.8, 4) is 0 Å². The third kappa shape index (κ3) is 2.85. The highest BCUT2D eigenvalue weighted by Gasteiger charge is 2.21. The molecule has 2 aromatic carbocycles. The van der Waals surface area contributed by atoms with Crippen LogP contribution >= 0.6 is 0 Å². The van der Waals surface area contributed by atoms with E-state index in [1.807, 2.05) is 0 Å². The molecule has 1 fully saturated rings. The molecule has 1 aliphatic heterocycles. The van der Waals surface area contributed by atoms with Gasteiger partial charge < -0.3 is 10.5 Å². The smallest absolute Gasteiger partial charge is 0.0619 e. The van der Waals surface area contributed by atoms with E-state index in [4.69, 9.17) is 10.5 Å². The lowest BCUT2D eigenvalue weighted by Gasteiger charge is -2.35. The van der Waals surface area contributed by atoms with Crippen LogP contribution in [-0.2, 0) is 4.74 Å². The first-order valence-electron chi connectivity index (χ1n) is 7.30. The predicted octanol–water partition coefficient (Wildman–Crippen LogP) is 2.56. The molecule has 20 heavy (non-hydrogen) atoms. The summed E-state index contributed by atoms with van der Waals surface area (Å²) in [7, 11) is 0. The molecule has 2 unspecified atom stereocenters. The van der Waals surface area contributed by atoms with E-state index in [0.29, 0.717) is 6.04 Å². The number of hydrogen-bond donors (Lipinski definition) is 1. The number of morpholine rings is 1. The molecule has 0 amide bonds. The highest BCUT2D eigenvalue weighted by molar-refractivity contribution is 5.83. The Morgan fingerprint density at radius 1 is 1.25 bits per heavy atom. The summed E-state index contributed by atoms with van der Waals surface area (Å²) < 4.78 is 5.47. The topological polar surface area (TPSA) is 38.5 Å². The molecular formula is C17H22N2O. The van der Waals surface area contributed by atoms with E-state index < -0.39 is 0 Å². The summed E-state index contributed by atoms with van der Waals surface area (Å²) in [5.74, 6) is 0. The predicted molar refractivity (Wildman–Crippen MR) is 82.7 cm³/mol. The minimum atomic E-state index is 0.0557.